The van der Waals surface area contributed by atoms with E-state index in [1.165, 1.54) is 0 Å². The summed E-state index contributed by atoms with van der Waals surface area (Å²) in [5.41, 5.74) is 3.12. The number of amides is 1. The van der Waals surface area contributed by atoms with Gasteiger partial charge in [-0.3, -0.25) is 4.79 Å². The second kappa shape index (κ2) is 7.11. The molecule has 5 heteroatoms. The number of nitrogens with one attached hydrogen (secondary N) is 1. The van der Waals surface area contributed by atoms with E-state index in [-0.39, 0.29) is 5.91 Å². The quantitative estimate of drug-likeness (QED) is 0.446. The van der Waals surface area contributed by atoms with Crippen LogP contribution in [0.2, 0.25) is 0 Å². The maximum Gasteiger partial charge on any atom is 0.268 e. The lowest BCUT2D eigenvalue weighted by Crippen LogP contribution is -2.42. The van der Waals surface area contributed by atoms with Crippen molar-refractivity contribution in [3.63, 3.8) is 0 Å². The van der Waals surface area contributed by atoms with Crippen LogP contribution in [0.3, 0.4) is 0 Å². The van der Waals surface area contributed by atoms with E-state index in [2.05, 4.69) is 33.0 Å². The fraction of sp³-hybridized carbons (Fsp3) is 0.160. The van der Waals surface area contributed by atoms with Crippen LogP contribution in [-0.4, -0.2) is 22.5 Å². The van der Waals surface area contributed by atoms with Gasteiger partial charge in [-0.2, -0.15) is 0 Å². The molecule has 1 atom stereocenters. The maximum absolute atomic E-state index is 13.8. The maximum atomic E-state index is 13.8. The predicted molar refractivity (Wildman–Crippen MR) is 123 cm³/mol. The van der Waals surface area contributed by atoms with Gasteiger partial charge in [-0.15, -0.1) is 0 Å². The summed E-state index contributed by atoms with van der Waals surface area (Å²) in [6, 6.07) is 23.5. The molecule has 1 aromatic heterocycles. The van der Waals surface area contributed by atoms with Gasteiger partial charge in [0, 0.05) is 38.7 Å². The Morgan fingerprint density at radius 2 is 1.77 bits per heavy atom. The average Bonchev–Trinajstić information content (AvgIpc) is 3.19. The number of aromatic nitrogens is 1. The molecule has 2 heterocycles. The molecular formula is C25H21BrN2O2. The molecular weight excluding hydrogens is 440 g/mol. The van der Waals surface area contributed by atoms with Crippen LogP contribution in [0.4, 0.5) is 5.69 Å². The molecule has 2 N–H and O–H groups in total. The average molecular weight is 461 g/mol. The molecule has 150 valence electrons. The summed E-state index contributed by atoms with van der Waals surface area (Å²) in [6.07, 6.45) is 0.713. The molecule has 4 nitrogen and oxygen atoms in total. The highest BCUT2D eigenvalue weighted by Gasteiger charge is 2.52. The number of aryl methyl sites for hydroxylation is 1. The third kappa shape index (κ3) is 2.81. The van der Waals surface area contributed by atoms with E-state index in [0.29, 0.717) is 24.1 Å². The van der Waals surface area contributed by atoms with Gasteiger partial charge in [0.1, 0.15) is 0 Å². The smallest absolute Gasteiger partial charge is 0.268 e. The second-order valence-corrected chi connectivity index (χ2v) is 8.65. The van der Waals surface area contributed by atoms with Crippen LogP contribution < -0.4 is 4.90 Å². The minimum atomic E-state index is -1.74. The third-order valence-electron chi connectivity index (χ3n) is 5.92. The monoisotopic (exact) mass is 460 g/mol. The molecule has 0 unspecified atom stereocenters. The Kier molecular flexibility index (Phi) is 4.53. The van der Waals surface area contributed by atoms with Gasteiger partial charge in [0.25, 0.3) is 5.91 Å². The number of carbonyl (C=O) groups is 1. The molecule has 0 bridgehead atoms. The minimum Gasteiger partial charge on any atom is -0.372 e. The Hall–Kier alpha value is -2.89. The Balaban J connectivity index is 1.65. The first-order valence-electron chi connectivity index (χ1n) is 9.96. The van der Waals surface area contributed by atoms with Crippen LogP contribution in [0, 0.1) is 6.92 Å². The number of aliphatic hydroxyl groups is 1. The van der Waals surface area contributed by atoms with E-state index >= 15 is 0 Å². The van der Waals surface area contributed by atoms with E-state index < -0.39 is 5.60 Å². The topological polar surface area (TPSA) is 56.3 Å². The molecule has 0 spiro atoms. The van der Waals surface area contributed by atoms with Crippen LogP contribution >= 0.6 is 15.9 Å². The number of aromatic amines is 1. The SMILES string of the molecule is Cc1[nH]c2ccccc2c1[C@@]1(O)C(=O)N(CCc2ccccc2)c2ccc(Br)cc21. The Labute approximate surface area is 183 Å². The van der Waals surface area contributed by atoms with Crippen molar-refractivity contribution >= 4 is 38.4 Å². The van der Waals surface area contributed by atoms with Gasteiger partial charge in [-0.05, 0) is 43.2 Å². The molecule has 5 rings (SSSR count). The van der Waals surface area contributed by atoms with Gasteiger partial charge in [0.2, 0.25) is 0 Å². The first-order valence-corrected chi connectivity index (χ1v) is 10.8. The molecule has 0 radical (unpaired) electrons. The van der Waals surface area contributed by atoms with Crippen LogP contribution in [0.25, 0.3) is 10.9 Å². The number of fused-ring (bicyclic) bond motifs is 2. The number of benzene rings is 3. The Morgan fingerprint density at radius 1 is 1.03 bits per heavy atom. The third-order valence-corrected chi connectivity index (χ3v) is 6.41. The molecule has 0 saturated heterocycles. The van der Waals surface area contributed by atoms with Gasteiger partial charge in [0.15, 0.2) is 5.60 Å². The van der Waals surface area contributed by atoms with Crippen LogP contribution in [0.1, 0.15) is 22.4 Å². The number of hydrogen-bond donors (Lipinski definition) is 2. The largest absolute Gasteiger partial charge is 0.372 e. The summed E-state index contributed by atoms with van der Waals surface area (Å²) in [4.78, 5) is 18.8. The van der Waals surface area contributed by atoms with E-state index in [0.717, 1.165) is 32.3 Å². The van der Waals surface area contributed by atoms with Crippen molar-refractivity contribution in [2.75, 3.05) is 11.4 Å². The summed E-state index contributed by atoms with van der Waals surface area (Å²) < 4.78 is 0.829. The van der Waals surface area contributed by atoms with E-state index in [9.17, 15) is 9.90 Å². The van der Waals surface area contributed by atoms with Gasteiger partial charge < -0.3 is 15.0 Å². The van der Waals surface area contributed by atoms with Gasteiger partial charge in [-0.1, -0.05) is 64.5 Å². The predicted octanol–water partition coefficient (Wildman–Crippen LogP) is 5.06. The van der Waals surface area contributed by atoms with Crippen molar-refractivity contribution in [3.8, 4) is 0 Å². The van der Waals surface area contributed by atoms with Crippen LogP contribution in [-0.2, 0) is 16.8 Å². The summed E-state index contributed by atoms with van der Waals surface area (Å²) in [5.74, 6) is -0.306. The summed E-state index contributed by atoms with van der Waals surface area (Å²) >= 11 is 3.51. The molecule has 1 aliphatic heterocycles. The lowest BCUT2D eigenvalue weighted by atomic mass is 9.85. The standard InChI is InChI=1S/C25H21BrN2O2/c1-16-23(19-9-5-6-10-21(19)27-16)25(30)20-15-18(26)11-12-22(20)28(24(25)29)14-13-17-7-3-2-4-8-17/h2-12,15,27,30H,13-14H2,1H3/t25-/m1/s1. The minimum absolute atomic E-state index is 0.306. The zero-order chi connectivity index (χ0) is 20.9. The first-order chi connectivity index (χ1) is 14.5. The van der Waals surface area contributed by atoms with Crippen molar-refractivity contribution < 1.29 is 9.90 Å². The number of halogens is 1. The normalized spacial score (nSPS) is 18.2. The van der Waals surface area contributed by atoms with Crippen molar-refractivity contribution in [1.29, 1.82) is 0 Å². The van der Waals surface area contributed by atoms with Crippen molar-refractivity contribution in [1.82, 2.24) is 4.98 Å². The molecule has 1 amide bonds. The lowest BCUT2D eigenvalue weighted by molar-refractivity contribution is -0.132. The fourth-order valence-corrected chi connectivity index (χ4v) is 4.91. The van der Waals surface area contributed by atoms with E-state index in [4.69, 9.17) is 0 Å². The lowest BCUT2D eigenvalue weighted by Gasteiger charge is -2.24. The molecule has 0 aliphatic carbocycles. The van der Waals surface area contributed by atoms with Crippen molar-refractivity contribution in [2.24, 2.45) is 0 Å². The number of hydrogen-bond acceptors (Lipinski definition) is 2. The van der Waals surface area contributed by atoms with Gasteiger partial charge in [0.05, 0.1) is 5.69 Å². The molecule has 4 aromatic rings. The van der Waals surface area contributed by atoms with E-state index in [1.807, 2.05) is 67.6 Å². The number of anilines is 1. The highest BCUT2D eigenvalue weighted by molar-refractivity contribution is 9.10. The summed E-state index contributed by atoms with van der Waals surface area (Å²) in [7, 11) is 0. The number of H-pyrrole nitrogens is 1. The Morgan fingerprint density at radius 3 is 2.57 bits per heavy atom. The molecule has 1 aliphatic rings. The number of rotatable bonds is 4. The highest BCUT2D eigenvalue weighted by atomic mass is 79.9. The van der Waals surface area contributed by atoms with E-state index in [1.54, 1.807) is 4.90 Å². The zero-order valence-corrected chi connectivity index (χ0v) is 18.1. The second-order valence-electron chi connectivity index (χ2n) is 7.73. The first kappa shape index (κ1) is 19.1. The van der Waals surface area contributed by atoms with Gasteiger partial charge in [-0.25, -0.2) is 0 Å². The zero-order valence-electron chi connectivity index (χ0n) is 16.5. The highest BCUT2D eigenvalue weighted by Crippen LogP contribution is 2.48. The number of carbonyl (C=O) groups excluding carboxylic acids is 1. The van der Waals surface area contributed by atoms with Crippen LogP contribution in [0.15, 0.2) is 77.3 Å². The number of para-hydroxylation sites is 1. The summed E-state index contributed by atoms with van der Waals surface area (Å²) in [5, 5.41) is 12.9. The molecule has 0 fully saturated rings. The van der Waals surface area contributed by atoms with Crippen molar-refractivity contribution in [3.05, 3.63) is 99.7 Å². The summed E-state index contributed by atoms with van der Waals surface area (Å²) in [6.45, 7) is 2.41. The fourth-order valence-electron chi connectivity index (χ4n) is 4.55. The molecule has 3 aromatic carbocycles. The van der Waals surface area contributed by atoms with Crippen LogP contribution in [0.5, 0.6) is 0 Å². The molecule has 0 saturated carbocycles. The van der Waals surface area contributed by atoms with Gasteiger partial charge >= 0.3 is 0 Å². The van der Waals surface area contributed by atoms with Crippen molar-refractivity contribution in [2.45, 2.75) is 18.9 Å². The Bertz CT molecular complexity index is 1260. The number of nitrogens with zero attached hydrogens (tertiary/aromatic N) is 1. The molecule has 30 heavy (non-hydrogen) atoms.